The molecule has 7 rings (SSSR count). The van der Waals surface area contributed by atoms with E-state index in [1.807, 2.05) is 18.2 Å². The second-order valence-corrected chi connectivity index (χ2v) is 10.7. The van der Waals surface area contributed by atoms with Gasteiger partial charge in [-0.1, -0.05) is 110 Å². The average Bonchev–Trinajstić information content (AvgIpc) is 3.17. The number of benzene rings is 6. The summed E-state index contributed by atoms with van der Waals surface area (Å²) in [6.07, 6.45) is 0. The largest absolute Gasteiger partial charge is 0.192 e. The van der Waals surface area contributed by atoms with Crippen LogP contribution in [0.2, 0.25) is 0 Å². The van der Waals surface area contributed by atoms with E-state index in [1.54, 1.807) is 0 Å². The lowest BCUT2D eigenvalue weighted by atomic mass is 9.80. The topological polar surface area (TPSA) is 23.8 Å². The minimum Gasteiger partial charge on any atom is -0.192 e. The second kappa shape index (κ2) is 8.20. The molecular weight excluding hydrogens is 457 g/mol. The first-order chi connectivity index (χ1) is 18.5. The van der Waals surface area contributed by atoms with Crippen molar-refractivity contribution in [3.63, 3.8) is 0 Å². The summed E-state index contributed by atoms with van der Waals surface area (Å²) in [5.74, 6) is 0. The molecule has 0 saturated carbocycles. The predicted octanol–water partition coefficient (Wildman–Crippen LogP) is 8.30. The number of rotatable bonds is 2. The Morgan fingerprint density at radius 3 is 1.61 bits per heavy atom. The minimum atomic E-state index is -0.191. The Balaban J connectivity index is 1.53. The molecule has 0 saturated heterocycles. The zero-order valence-electron chi connectivity index (χ0n) is 21.4. The zero-order chi connectivity index (χ0) is 26.0. The first-order valence-electron chi connectivity index (χ1n) is 13.0. The number of nitriles is 1. The van der Waals surface area contributed by atoms with Gasteiger partial charge in [-0.25, -0.2) is 0 Å². The highest BCUT2D eigenvalue weighted by molar-refractivity contribution is 6.32. The zero-order valence-corrected chi connectivity index (χ0v) is 21.4. The van der Waals surface area contributed by atoms with Gasteiger partial charge < -0.3 is 0 Å². The molecule has 0 fully saturated rings. The van der Waals surface area contributed by atoms with Gasteiger partial charge in [-0.3, -0.25) is 0 Å². The van der Waals surface area contributed by atoms with Crippen LogP contribution in [-0.4, -0.2) is 7.85 Å². The van der Waals surface area contributed by atoms with E-state index in [1.165, 1.54) is 60.5 Å². The SMILES string of the molecule is [B]c1ccc(-c2c3ccccc3c(-c3ccc4c(c3)C(C)(C)c3cc(C#N)ccc3-4)c3ccccc23)cc1. The second-order valence-electron chi connectivity index (χ2n) is 10.7. The van der Waals surface area contributed by atoms with Crippen LogP contribution in [0.1, 0.15) is 30.5 Å². The maximum Gasteiger partial charge on any atom is 0.113 e. The summed E-state index contributed by atoms with van der Waals surface area (Å²) in [6, 6.07) is 40.9. The first-order valence-corrected chi connectivity index (χ1v) is 13.0. The summed E-state index contributed by atoms with van der Waals surface area (Å²) in [5.41, 5.74) is 11.1. The molecule has 2 radical (unpaired) electrons. The molecule has 0 amide bonds. The van der Waals surface area contributed by atoms with Crippen molar-refractivity contribution in [1.82, 2.24) is 0 Å². The number of nitrogens with zero attached hydrogens (tertiary/aromatic N) is 1. The molecule has 176 valence electrons. The fraction of sp³-hybridized carbons (Fsp3) is 0.0833. The van der Waals surface area contributed by atoms with Crippen molar-refractivity contribution in [2.75, 3.05) is 0 Å². The molecule has 1 aliphatic carbocycles. The minimum absolute atomic E-state index is 0.191. The molecular formula is C36H24BN. The van der Waals surface area contributed by atoms with Crippen LogP contribution in [0.3, 0.4) is 0 Å². The molecule has 0 atom stereocenters. The number of fused-ring (bicyclic) bond motifs is 5. The molecule has 0 bridgehead atoms. The average molecular weight is 481 g/mol. The van der Waals surface area contributed by atoms with Crippen LogP contribution in [0.5, 0.6) is 0 Å². The highest BCUT2D eigenvalue weighted by Gasteiger charge is 2.36. The predicted molar refractivity (Wildman–Crippen MR) is 160 cm³/mol. The lowest BCUT2D eigenvalue weighted by Gasteiger charge is -2.23. The van der Waals surface area contributed by atoms with E-state index in [2.05, 4.69) is 111 Å². The van der Waals surface area contributed by atoms with Crippen molar-refractivity contribution in [2.24, 2.45) is 0 Å². The van der Waals surface area contributed by atoms with E-state index >= 15 is 0 Å². The standard InChI is InChI=1S/C36H24BN/c1-36(2)32-19-22(21-38)11-17-26(32)27-18-14-24(20-33(27)36)35-30-9-5-3-7-28(30)34(23-12-15-25(37)16-13-23)29-8-4-6-10-31(29)35/h3-20H,1-2H3. The fourth-order valence-electron chi connectivity index (χ4n) is 6.36. The van der Waals surface area contributed by atoms with Crippen molar-refractivity contribution in [2.45, 2.75) is 19.3 Å². The first kappa shape index (κ1) is 22.6. The smallest absolute Gasteiger partial charge is 0.113 e. The monoisotopic (exact) mass is 481 g/mol. The van der Waals surface area contributed by atoms with Crippen molar-refractivity contribution in [3.8, 4) is 39.4 Å². The van der Waals surface area contributed by atoms with Gasteiger partial charge in [-0.15, -0.1) is 0 Å². The molecule has 1 aliphatic rings. The van der Waals surface area contributed by atoms with Gasteiger partial charge in [0.05, 0.1) is 11.6 Å². The third-order valence-corrected chi connectivity index (χ3v) is 8.22. The van der Waals surface area contributed by atoms with Crippen LogP contribution < -0.4 is 5.46 Å². The molecule has 0 spiro atoms. The lowest BCUT2D eigenvalue weighted by molar-refractivity contribution is 0.660. The van der Waals surface area contributed by atoms with Gasteiger partial charge in [-0.05, 0) is 84.3 Å². The fourth-order valence-corrected chi connectivity index (χ4v) is 6.36. The van der Waals surface area contributed by atoms with E-state index in [-0.39, 0.29) is 5.41 Å². The van der Waals surface area contributed by atoms with Crippen LogP contribution in [0.25, 0.3) is 54.9 Å². The summed E-state index contributed by atoms with van der Waals surface area (Å²) in [5, 5.41) is 14.4. The highest BCUT2D eigenvalue weighted by Crippen LogP contribution is 2.51. The van der Waals surface area contributed by atoms with Gasteiger partial charge in [0, 0.05) is 5.41 Å². The summed E-state index contributed by atoms with van der Waals surface area (Å²) >= 11 is 0. The van der Waals surface area contributed by atoms with Gasteiger partial charge in [0.15, 0.2) is 0 Å². The van der Waals surface area contributed by atoms with Gasteiger partial charge in [0.2, 0.25) is 0 Å². The lowest BCUT2D eigenvalue weighted by Crippen LogP contribution is -2.15. The molecule has 1 nitrogen and oxygen atoms in total. The van der Waals surface area contributed by atoms with E-state index < -0.39 is 0 Å². The number of hydrogen-bond acceptors (Lipinski definition) is 1. The Morgan fingerprint density at radius 1 is 0.579 bits per heavy atom. The van der Waals surface area contributed by atoms with Crippen LogP contribution in [0.4, 0.5) is 0 Å². The Morgan fingerprint density at radius 2 is 1.05 bits per heavy atom. The molecule has 0 aromatic heterocycles. The Labute approximate surface area is 224 Å². The summed E-state index contributed by atoms with van der Waals surface area (Å²) < 4.78 is 0. The summed E-state index contributed by atoms with van der Waals surface area (Å²) in [7, 11) is 6.03. The molecule has 2 heteroatoms. The molecule has 6 aromatic rings. The quantitative estimate of drug-likeness (QED) is 0.180. The van der Waals surface area contributed by atoms with Crippen molar-refractivity contribution < 1.29 is 0 Å². The molecule has 0 unspecified atom stereocenters. The summed E-state index contributed by atoms with van der Waals surface area (Å²) in [4.78, 5) is 0. The Kier molecular flexibility index (Phi) is 4.87. The van der Waals surface area contributed by atoms with E-state index in [0.717, 1.165) is 11.0 Å². The Hall–Kier alpha value is -4.61. The van der Waals surface area contributed by atoms with Crippen LogP contribution in [0.15, 0.2) is 109 Å². The van der Waals surface area contributed by atoms with Gasteiger partial charge in [-0.2, -0.15) is 5.26 Å². The van der Waals surface area contributed by atoms with Gasteiger partial charge >= 0.3 is 0 Å². The Bertz CT molecular complexity index is 1900. The van der Waals surface area contributed by atoms with Crippen LogP contribution in [0, 0.1) is 11.3 Å². The molecule has 6 aromatic carbocycles. The maximum absolute atomic E-state index is 9.51. The van der Waals surface area contributed by atoms with Gasteiger partial charge in [0.25, 0.3) is 0 Å². The highest BCUT2D eigenvalue weighted by atomic mass is 14.4. The summed E-state index contributed by atoms with van der Waals surface area (Å²) in [6.45, 7) is 4.53. The van der Waals surface area contributed by atoms with E-state index in [0.29, 0.717) is 5.56 Å². The maximum atomic E-state index is 9.51. The third-order valence-electron chi connectivity index (χ3n) is 8.22. The number of hydrogen-bond donors (Lipinski definition) is 0. The van der Waals surface area contributed by atoms with Crippen molar-refractivity contribution in [1.29, 1.82) is 5.26 Å². The van der Waals surface area contributed by atoms with E-state index in [9.17, 15) is 5.26 Å². The van der Waals surface area contributed by atoms with Crippen LogP contribution in [-0.2, 0) is 5.41 Å². The van der Waals surface area contributed by atoms with Crippen molar-refractivity contribution in [3.05, 3.63) is 126 Å². The van der Waals surface area contributed by atoms with E-state index in [4.69, 9.17) is 7.85 Å². The van der Waals surface area contributed by atoms with Crippen molar-refractivity contribution >= 4 is 34.9 Å². The molecule has 0 aliphatic heterocycles. The molecule has 0 N–H and O–H groups in total. The van der Waals surface area contributed by atoms with Crippen LogP contribution >= 0.6 is 0 Å². The normalized spacial score (nSPS) is 13.3. The molecule has 38 heavy (non-hydrogen) atoms. The van der Waals surface area contributed by atoms with Gasteiger partial charge in [0.1, 0.15) is 7.85 Å². The molecule has 0 heterocycles. The third kappa shape index (κ3) is 3.19.